The van der Waals surface area contributed by atoms with Gasteiger partial charge in [-0.05, 0) is 51.4 Å². The first-order valence-corrected chi connectivity index (χ1v) is 9.88. The Morgan fingerprint density at radius 2 is 2.22 bits per heavy atom. The van der Waals surface area contributed by atoms with Crippen LogP contribution >= 0.6 is 11.3 Å². The van der Waals surface area contributed by atoms with Crippen LogP contribution in [0.1, 0.15) is 49.1 Å². The molecule has 0 unspecified atom stereocenters. The van der Waals surface area contributed by atoms with Crippen molar-refractivity contribution >= 4 is 11.3 Å². The Morgan fingerprint density at radius 3 is 2.91 bits per heavy atom. The molecule has 128 valence electrons. The molecular formula is C18H28N2O2S. The molecule has 5 heteroatoms. The highest BCUT2D eigenvalue weighted by molar-refractivity contribution is 7.09. The Balaban J connectivity index is 1.44. The summed E-state index contributed by atoms with van der Waals surface area (Å²) < 4.78 is 12.3. The zero-order chi connectivity index (χ0) is 15.9. The summed E-state index contributed by atoms with van der Waals surface area (Å²) in [7, 11) is 1.90. The SMILES string of the molecule is CO[C@@]12CC[C@H](OCC3CC3)C[C@@H]1N(Cc1scnc1C)CC2. The van der Waals surface area contributed by atoms with E-state index in [1.54, 1.807) is 11.3 Å². The fourth-order valence-electron chi connectivity index (χ4n) is 4.32. The number of thiazole rings is 1. The van der Waals surface area contributed by atoms with Crippen molar-refractivity contribution in [2.24, 2.45) is 5.92 Å². The maximum absolute atomic E-state index is 6.22. The maximum Gasteiger partial charge on any atom is 0.0847 e. The minimum absolute atomic E-state index is 0.0536. The first-order valence-electron chi connectivity index (χ1n) is 9.00. The summed E-state index contributed by atoms with van der Waals surface area (Å²) in [5.41, 5.74) is 3.20. The molecule has 0 spiro atoms. The molecule has 0 radical (unpaired) electrons. The second-order valence-corrected chi connectivity index (χ2v) is 8.48. The molecule has 1 saturated heterocycles. The van der Waals surface area contributed by atoms with Crippen LogP contribution in [0.5, 0.6) is 0 Å². The van der Waals surface area contributed by atoms with Crippen LogP contribution in [0.3, 0.4) is 0 Å². The lowest BCUT2D eigenvalue weighted by molar-refractivity contribution is -0.103. The van der Waals surface area contributed by atoms with Gasteiger partial charge < -0.3 is 9.47 Å². The largest absolute Gasteiger partial charge is 0.378 e. The second-order valence-electron chi connectivity index (χ2n) is 7.54. The van der Waals surface area contributed by atoms with Crippen molar-refractivity contribution < 1.29 is 9.47 Å². The van der Waals surface area contributed by atoms with Gasteiger partial charge >= 0.3 is 0 Å². The lowest BCUT2D eigenvalue weighted by Gasteiger charge is -2.43. The van der Waals surface area contributed by atoms with E-state index in [4.69, 9.17) is 9.47 Å². The Labute approximate surface area is 143 Å². The van der Waals surface area contributed by atoms with Gasteiger partial charge in [-0.25, -0.2) is 4.98 Å². The summed E-state index contributed by atoms with van der Waals surface area (Å²) >= 11 is 1.78. The molecule has 4 nitrogen and oxygen atoms in total. The summed E-state index contributed by atoms with van der Waals surface area (Å²) in [5, 5.41) is 0. The van der Waals surface area contributed by atoms with Crippen LogP contribution in [0.4, 0.5) is 0 Å². The molecule has 3 aliphatic rings. The number of ether oxygens (including phenoxy) is 2. The monoisotopic (exact) mass is 336 g/mol. The number of aryl methyl sites for hydroxylation is 1. The number of likely N-dealkylation sites (tertiary alicyclic amines) is 1. The quantitative estimate of drug-likeness (QED) is 0.797. The maximum atomic E-state index is 6.22. The third kappa shape index (κ3) is 3.21. The highest BCUT2D eigenvalue weighted by Crippen LogP contribution is 2.44. The van der Waals surface area contributed by atoms with E-state index in [1.807, 2.05) is 12.6 Å². The van der Waals surface area contributed by atoms with E-state index < -0.39 is 0 Å². The Kier molecular flexibility index (Phi) is 4.47. The molecule has 2 aliphatic carbocycles. The molecule has 0 bridgehead atoms. The Bertz CT molecular complexity index is 545. The molecular weight excluding hydrogens is 308 g/mol. The molecule has 3 fully saturated rings. The van der Waals surface area contributed by atoms with Gasteiger partial charge in [0.2, 0.25) is 0 Å². The summed E-state index contributed by atoms with van der Waals surface area (Å²) in [6.45, 7) is 5.24. The number of rotatable bonds is 6. The second kappa shape index (κ2) is 6.43. The zero-order valence-corrected chi connectivity index (χ0v) is 15.1. The first-order chi connectivity index (χ1) is 11.2. The Morgan fingerprint density at radius 1 is 1.35 bits per heavy atom. The highest BCUT2D eigenvalue weighted by atomic mass is 32.1. The number of methoxy groups -OCH3 is 1. The van der Waals surface area contributed by atoms with Crippen LogP contribution < -0.4 is 0 Å². The average molecular weight is 337 g/mol. The van der Waals surface area contributed by atoms with Crippen molar-refractivity contribution in [3.8, 4) is 0 Å². The van der Waals surface area contributed by atoms with Gasteiger partial charge in [-0.2, -0.15) is 0 Å². The van der Waals surface area contributed by atoms with E-state index in [2.05, 4.69) is 16.8 Å². The van der Waals surface area contributed by atoms with Crippen LogP contribution in [-0.2, 0) is 16.0 Å². The van der Waals surface area contributed by atoms with Gasteiger partial charge in [-0.15, -0.1) is 11.3 Å². The molecule has 1 aromatic rings. The third-order valence-electron chi connectivity index (χ3n) is 6.11. The minimum atomic E-state index is 0.0536. The van der Waals surface area contributed by atoms with E-state index in [1.165, 1.54) is 23.4 Å². The summed E-state index contributed by atoms with van der Waals surface area (Å²) in [6.07, 6.45) is 7.74. The van der Waals surface area contributed by atoms with Gasteiger partial charge in [0.25, 0.3) is 0 Å². The van der Waals surface area contributed by atoms with Gasteiger partial charge in [-0.3, -0.25) is 4.90 Å². The molecule has 1 aliphatic heterocycles. The van der Waals surface area contributed by atoms with Gasteiger partial charge in [0.05, 0.1) is 22.9 Å². The van der Waals surface area contributed by atoms with Gasteiger partial charge in [0.15, 0.2) is 0 Å². The normalized spacial score (nSPS) is 34.7. The molecule has 3 atom stereocenters. The molecule has 1 aromatic heterocycles. The molecule has 4 rings (SSSR count). The van der Waals surface area contributed by atoms with Crippen molar-refractivity contribution in [3.63, 3.8) is 0 Å². The smallest absolute Gasteiger partial charge is 0.0847 e. The van der Waals surface area contributed by atoms with Gasteiger partial charge in [-0.1, -0.05) is 0 Å². The number of hydrogen-bond acceptors (Lipinski definition) is 5. The van der Waals surface area contributed by atoms with E-state index >= 15 is 0 Å². The summed E-state index contributed by atoms with van der Waals surface area (Å²) in [6, 6.07) is 0.493. The highest BCUT2D eigenvalue weighted by Gasteiger charge is 2.51. The molecule has 2 heterocycles. The van der Waals surface area contributed by atoms with E-state index in [9.17, 15) is 0 Å². The molecule has 0 N–H and O–H groups in total. The zero-order valence-electron chi connectivity index (χ0n) is 14.3. The fraction of sp³-hybridized carbons (Fsp3) is 0.833. The van der Waals surface area contributed by atoms with Crippen LogP contribution in [0, 0.1) is 12.8 Å². The third-order valence-corrected chi connectivity index (χ3v) is 7.03. The van der Waals surface area contributed by atoms with Crippen molar-refractivity contribution in [1.82, 2.24) is 9.88 Å². The van der Waals surface area contributed by atoms with Crippen molar-refractivity contribution in [3.05, 3.63) is 16.1 Å². The Hall–Kier alpha value is -0.490. The number of nitrogens with zero attached hydrogens (tertiary/aromatic N) is 2. The van der Waals surface area contributed by atoms with Crippen LogP contribution in [0.2, 0.25) is 0 Å². The minimum Gasteiger partial charge on any atom is -0.378 e. The average Bonchev–Trinajstić information content (AvgIpc) is 3.22. The summed E-state index contributed by atoms with van der Waals surface area (Å²) in [5.74, 6) is 0.851. The molecule has 0 aromatic carbocycles. The molecule has 23 heavy (non-hydrogen) atoms. The van der Waals surface area contributed by atoms with E-state index in [0.717, 1.165) is 51.3 Å². The molecule has 2 saturated carbocycles. The predicted molar refractivity (Wildman–Crippen MR) is 91.7 cm³/mol. The molecule has 0 amide bonds. The lowest BCUT2D eigenvalue weighted by Crippen LogP contribution is -2.51. The van der Waals surface area contributed by atoms with Crippen LogP contribution in [0.15, 0.2) is 5.51 Å². The van der Waals surface area contributed by atoms with Gasteiger partial charge in [0.1, 0.15) is 0 Å². The number of aromatic nitrogens is 1. The first kappa shape index (κ1) is 16.0. The lowest BCUT2D eigenvalue weighted by atomic mass is 9.79. The van der Waals surface area contributed by atoms with Crippen LogP contribution in [0.25, 0.3) is 0 Å². The summed E-state index contributed by atoms with van der Waals surface area (Å²) in [4.78, 5) is 8.43. The van der Waals surface area contributed by atoms with Gasteiger partial charge in [0, 0.05) is 37.7 Å². The van der Waals surface area contributed by atoms with Crippen molar-refractivity contribution in [1.29, 1.82) is 0 Å². The number of hydrogen-bond donors (Lipinski definition) is 0. The van der Waals surface area contributed by atoms with E-state index in [0.29, 0.717) is 12.1 Å². The van der Waals surface area contributed by atoms with Crippen molar-refractivity contribution in [2.75, 3.05) is 20.3 Å². The van der Waals surface area contributed by atoms with Crippen molar-refractivity contribution in [2.45, 2.75) is 69.7 Å². The van der Waals surface area contributed by atoms with Crippen LogP contribution in [-0.4, -0.2) is 47.9 Å². The number of fused-ring (bicyclic) bond motifs is 1. The fourth-order valence-corrected chi connectivity index (χ4v) is 5.12. The predicted octanol–water partition coefficient (Wildman–Crippen LogP) is 3.39. The standard InChI is InChI=1S/C18H28N2O2S/c1-13-16(23-12-19-13)10-20-8-7-18(21-2)6-5-15(9-17(18)20)22-11-14-3-4-14/h12,14-15,17H,3-11H2,1-2H3/t15-,17-,18+/m0/s1. The topological polar surface area (TPSA) is 34.6 Å². The van der Waals surface area contributed by atoms with E-state index in [-0.39, 0.29) is 5.60 Å².